The third-order valence-corrected chi connectivity index (χ3v) is 4.70. The predicted molar refractivity (Wildman–Crippen MR) is 87.7 cm³/mol. The summed E-state index contributed by atoms with van der Waals surface area (Å²) in [7, 11) is 0. The van der Waals surface area contributed by atoms with E-state index in [1.165, 1.54) is 11.3 Å². The molecule has 2 amide bonds. The number of aromatic nitrogens is 1. The molecule has 1 aromatic rings. The molecular weight excluding hydrogens is 298 g/mol. The Morgan fingerprint density at radius 3 is 2.55 bits per heavy atom. The third-order valence-electron chi connectivity index (χ3n) is 3.87. The van der Waals surface area contributed by atoms with Crippen molar-refractivity contribution in [1.82, 2.24) is 15.2 Å². The first-order valence-electron chi connectivity index (χ1n) is 7.94. The first-order chi connectivity index (χ1) is 10.4. The molecule has 1 aliphatic rings. The lowest BCUT2D eigenvalue weighted by Gasteiger charge is -2.33. The first-order valence-corrected chi connectivity index (χ1v) is 8.82. The van der Waals surface area contributed by atoms with Gasteiger partial charge in [-0.05, 0) is 40.5 Å². The second-order valence-corrected chi connectivity index (χ2v) is 7.39. The number of hydrogen-bond acceptors (Lipinski definition) is 4. The van der Waals surface area contributed by atoms with E-state index in [-0.39, 0.29) is 29.8 Å². The van der Waals surface area contributed by atoms with E-state index in [2.05, 4.69) is 10.3 Å². The molecule has 1 heterocycles. The summed E-state index contributed by atoms with van der Waals surface area (Å²) in [6, 6.07) is 0.231. The fraction of sp³-hybridized carbons (Fsp3) is 0.688. The largest absolute Gasteiger partial charge is 0.349 e. The Labute approximate surface area is 136 Å². The van der Waals surface area contributed by atoms with Crippen molar-refractivity contribution in [1.29, 1.82) is 0 Å². The molecular formula is C16H25N3O2S. The van der Waals surface area contributed by atoms with Crippen LogP contribution in [-0.4, -0.2) is 33.8 Å². The van der Waals surface area contributed by atoms with E-state index in [0.29, 0.717) is 12.2 Å². The van der Waals surface area contributed by atoms with Crippen molar-refractivity contribution in [3.63, 3.8) is 0 Å². The fourth-order valence-electron chi connectivity index (χ4n) is 2.37. The molecule has 1 saturated carbocycles. The van der Waals surface area contributed by atoms with E-state index in [1.54, 1.807) is 5.38 Å². The summed E-state index contributed by atoms with van der Waals surface area (Å²) in [5, 5.41) is 5.41. The highest BCUT2D eigenvalue weighted by Gasteiger charge is 2.31. The lowest BCUT2D eigenvalue weighted by atomic mass is 9.84. The molecule has 1 aromatic heterocycles. The molecule has 122 valence electrons. The number of rotatable bonds is 6. The normalized spacial score (nSPS) is 15.0. The second-order valence-electron chi connectivity index (χ2n) is 6.44. The van der Waals surface area contributed by atoms with Gasteiger partial charge < -0.3 is 10.2 Å². The van der Waals surface area contributed by atoms with Crippen molar-refractivity contribution in [2.75, 3.05) is 0 Å². The predicted octanol–water partition coefficient (Wildman–Crippen LogP) is 2.82. The maximum absolute atomic E-state index is 12.5. The Balaban J connectivity index is 2.02. The Hall–Kier alpha value is -1.43. The maximum atomic E-state index is 12.5. The van der Waals surface area contributed by atoms with Crippen LogP contribution in [0.4, 0.5) is 0 Å². The molecule has 0 aliphatic heterocycles. The van der Waals surface area contributed by atoms with Crippen LogP contribution in [0.25, 0.3) is 0 Å². The van der Waals surface area contributed by atoms with Crippen LogP contribution in [0.1, 0.15) is 62.5 Å². The van der Waals surface area contributed by atoms with E-state index in [1.807, 2.05) is 32.6 Å². The third kappa shape index (κ3) is 4.06. The smallest absolute Gasteiger partial charge is 0.270 e. The number of thiazole rings is 1. The van der Waals surface area contributed by atoms with Crippen molar-refractivity contribution in [3.8, 4) is 0 Å². The average Bonchev–Trinajstić information content (AvgIpc) is 2.81. The minimum Gasteiger partial charge on any atom is -0.349 e. The van der Waals surface area contributed by atoms with Gasteiger partial charge in [-0.25, -0.2) is 4.98 Å². The summed E-state index contributed by atoms with van der Waals surface area (Å²) < 4.78 is 0. The summed E-state index contributed by atoms with van der Waals surface area (Å²) in [5.74, 6) is 0.259. The van der Waals surface area contributed by atoms with Gasteiger partial charge in [-0.3, -0.25) is 9.59 Å². The SMILES string of the molecule is CC(C)NC(=O)c1csc(CN(C(=O)C2CCC2)C(C)C)n1. The molecule has 0 radical (unpaired) electrons. The van der Waals surface area contributed by atoms with Gasteiger partial charge in [0, 0.05) is 23.4 Å². The topological polar surface area (TPSA) is 62.3 Å². The Morgan fingerprint density at radius 1 is 1.36 bits per heavy atom. The van der Waals surface area contributed by atoms with Gasteiger partial charge in [-0.2, -0.15) is 0 Å². The Kier molecular flexibility index (Phi) is 5.56. The monoisotopic (exact) mass is 323 g/mol. The van der Waals surface area contributed by atoms with E-state index in [9.17, 15) is 9.59 Å². The molecule has 5 nitrogen and oxygen atoms in total. The molecule has 1 aliphatic carbocycles. The number of nitrogens with zero attached hydrogens (tertiary/aromatic N) is 2. The van der Waals surface area contributed by atoms with Crippen LogP contribution in [0, 0.1) is 5.92 Å². The van der Waals surface area contributed by atoms with Gasteiger partial charge in [0.2, 0.25) is 5.91 Å². The van der Waals surface area contributed by atoms with Gasteiger partial charge >= 0.3 is 0 Å². The zero-order valence-electron chi connectivity index (χ0n) is 13.8. The van der Waals surface area contributed by atoms with Crippen LogP contribution in [0.5, 0.6) is 0 Å². The molecule has 2 rings (SSSR count). The zero-order valence-corrected chi connectivity index (χ0v) is 14.6. The molecule has 0 atom stereocenters. The molecule has 0 saturated heterocycles. The molecule has 22 heavy (non-hydrogen) atoms. The minimum atomic E-state index is -0.154. The Morgan fingerprint density at radius 2 is 2.05 bits per heavy atom. The highest BCUT2D eigenvalue weighted by Crippen LogP contribution is 2.29. The van der Waals surface area contributed by atoms with E-state index >= 15 is 0 Å². The molecule has 0 unspecified atom stereocenters. The summed E-state index contributed by atoms with van der Waals surface area (Å²) in [6.45, 7) is 8.38. The highest BCUT2D eigenvalue weighted by atomic mass is 32.1. The van der Waals surface area contributed by atoms with Crippen molar-refractivity contribution in [2.24, 2.45) is 5.92 Å². The van der Waals surface area contributed by atoms with Crippen molar-refractivity contribution in [2.45, 2.75) is 65.6 Å². The average molecular weight is 323 g/mol. The molecule has 1 N–H and O–H groups in total. The highest BCUT2D eigenvalue weighted by molar-refractivity contribution is 7.09. The summed E-state index contributed by atoms with van der Waals surface area (Å²) in [6.07, 6.45) is 3.16. The molecule has 6 heteroatoms. The van der Waals surface area contributed by atoms with Crippen molar-refractivity contribution in [3.05, 3.63) is 16.1 Å². The number of carbonyl (C=O) groups excluding carboxylic acids is 2. The van der Waals surface area contributed by atoms with Gasteiger partial charge in [-0.15, -0.1) is 11.3 Å². The molecule has 0 bridgehead atoms. The minimum absolute atomic E-state index is 0.0880. The number of amides is 2. The number of hydrogen-bond donors (Lipinski definition) is 1. The van der Waals surface area contributed by atoms with Crippen LogP contribution in [-0.2, 0) is 11.3 Å². The summed E-state index contributed by atoms with van der Waals surface area (Å²) >= 11 is 1.44. The quantitative estimate of drug-likeness (QED) is 0.875. The zero-order chi connectivity index (χ0) is 16.3. The lowest BCUT2D eigenvalue weighted by Crippen LogP contribution is -2.42. The van der Waals surface area contributed by atoms with E-state index in [0.717, 1.165) is 24.3 Å². The van der Waals surface area contributed by atoms with Gasteiger partial charge in [-0.1, -0.05) is 6.42 Å². The van der Waals surface area contributed by atoms with Crippen molar-refractivity contribution < 1.29 is 9.59 Å². The molecule has 0 spiro atoms. The molecule has 1 fully saturated rings. The molecule has 0 aromatic carbocycles. The van der Waals surface area contributed by atoms with Crippen molar-refractivity contribution >= 4 is 23.2 Å². The van der Waals surface area contributed by atoms with Gasteiger partial charge in [0.05, 0.1) is 6.54 Å². The maximum Gasteiger partial charge on any atom is 0.270 e. The summed E-state index contributed by atoms with van der Waals surface area (Å²) in [4.78, 5) is 30.7. The van der Waals surface area contributed by atoms with Gasteiger partial charge in [0.1, 0.15) is 10.7 Å². The van der Waals surface area contributed by atoms with Crippen LogP contribution >= 0.6 is 11.3 Å². The van der Waals surface area contributed by atoms with E-state index < -0.39 is 0 Å². The lowest BCUT2D eigenvalue weighted by molar-refractivity contribution is -0.140. The van der Waals surface area contributed by atoms with E-state index in [4.69, 9.17) is 0 Å². The number of nitrogens with one attached hydrogen (secondary N) is 1. The van der Waals surface area contributed by atoms with Crippen LogP contribution < -0.4 is 5.32 Å². The Bertz CT molecular complexity index is 535. The first kappa shape index (κ1) is 16.9. The van der Waals surface area contributed by atoms with Gasteiger partial charge in [0.25, 0.3) is 5.91 Å². The van der Waals surface area contributed by atoms with Crippen LogP contribution in [0.3, 0.4) is 0 Å². The standard InChI is InChI=1S/C16H25N3O2S/c1-10(2)17-15(20)13-9-22-14(18-13)8-19(11(3)4)16(21)12-6-5-7-12/h9-12H,5-8H2,1-4H3,(H,17,20). The van der Waals surface area contributed by atoms with Gasteiger partial charge in [0.15, 0.2) is 0 Å². The fourth-order valence-corrected chi connectivity index (χ4v) is 3.15. The van der Waals surface area contributed by atoms with Crippen LogP contribution in [0.2, 0.25) is 0 Å². The summed E-state index contributed by atoms with van der Waals surface area (Å²) in [5.41, 5.74) is 0.438. The number of carbonyl (C=O) groups is 2. The second kappa shape index (κ2) is 7.22. The van der Waals surface area contributed by atoms with Crippen LogP contribution in [0.15, 0.2) is 5.38 Å².